The number of hydrogen-bond acceptors (Lipinski definition) is 8. The Morgan fingerprint density at radius 1 is 1.37 bits per heavy atom. The van der Waals surface area contributed by atoms with E-state index in [0.29, 0.717) is 24.2 Å². The van der Waals surface area contributed by atoms with E-state index >= 15 is 0 Å². The third-order valence-corrected chi connectivity index (χ3v) is 7.49. The second kappa shape index (κ2) is 8.70. The number of hydrogen-bond donors (Lipinski definition) is 2. The molecule has 0 saturated heterocycles. The van der Waals surface area contributed by atoms with Gasteiger partial charge in [0.25, 0.3) is 5.56 Å². The number of carbonyl (C=O) groups is 1. The van der Waals surface area contributed by atoms with Crippen molar-refractivity contribution in [2.45, 2.75) is 43.6 Å². The minimum absolute atomic E-state index is 0.132. The Kier molecular flexibility index (Phi) is 6.02. The molecule has 8 nitrogen and oxygen atoms in total. The number of rotatable bonds is 8. The predicted molar refractivity (Wildman–Crippen MR) is 121 cm³/mol. The van der Waals surface area contributed by atoms with Crippen LogP contribution in [0, 0.1) is 0 Å². The second-order valence-electron chi connectivity index (χ2n) is 6.63. The van der Waals surface area contributed by atoms with E-state index in [1.165, 1.54) is 23.1 Å². The summed E-state index contributed by atoms with van der Waals surface area (Å²) in [6, 6.07) is 3.98. The smallest absolute Gasteiger partial charge is 0.260 e. The number of nitrogens with one attached hydrogen (secondary N) is 1. The van der Waals surface area contributed by atoms with Crippen molar-refractivity contribution in [3.05, 3.63) is 44.9 Å². The molecule has 4 heterocycles. The fourth-order valence-corrected chi connectivity index (χ4v) is 5.89. The third kappa shape index (κ3) is 4.05. The quantitative estimate of drug-likeness (QED) is 0.388. The second-order valence-corrected chi connectivity index (χ2v) is 9.74. The molecule has 0 aliphatic rings. The van der Waals surface area contributed by atoms with E-state index in [2.05, 4.69) is 15.2 Å². The van der Waals surface area contributed by atoms with Crippen LogP contribution >= 0.6 is 34.4 Å². The number of thioether (sulfide) groups is 1. The number of aryl methyl sites for hydroxylation is 1. The molecule has 11 heteroatoms. The van der Waals surface area contributed by atoms with E-state index in [1.807, 2.05) is 41.3 Å². The van der Waals surface area contributed by atoms with Gasteiger partial charge in [-0.05, 0) is 25.3 Å². The SMILES string of the molecule is CCn1c(CCC(N)=O)nnc1S[C@@H](C)c1nc2scc(-c3cccs3)c2c(=O)[nH]1. The molecule has 0 fully saturated rings. The molecule has 3 N–H and O–H groups in total. The average molecular weight is 461 g/mol. The molecule has 0 saturated carbocycles. The number of thiophene rings is 2. The highest BCUT2D eigenvalue weighted by molar-refractivity contribution is 7.99. The molecule has 4 aromatic rings. The Bertz CT molecular complexity index is 1240. The maximum Gasteiger partial charge on any atom is 0.260 e. The predicted octanol–water partition coefficient (Wildman–Crippen LogP) is 3.60. The minimum atomic E-state index is -0.365. The molecule has 0 aliphatic heterocycles. The molecule has 4 rings (SSSR count). The van der Waals surface area contributed by atoms with Gasteiger partial charge in [-0.25, -0.2) is 4.98 Å². The lowest BCUT2D eigenvalue weighted by Gasteiger charge is -2.11. The number of fused-ring (bicyclic) bond motifs is 1. The van der Waals surface area contributed by atoms with Crippen LogP contribution < -0.4 is 11.3 Å². The summed E-state index contributed by atoms with van der Waals surface area (Å²) in [7, 11) is 0. The highest BCUT2D eigenvalue weighted by Gasteiger charge is 2.20. The van der Waals surface area contributed by atoms with Gasteiger partial charge in [-0.15, -0.1) is 32.9 Å². The van der Waals surface area contributed by atoms with Gasteiger partial charge in [0.2, 0.25) is 5.91 Å². The Morgan fingerprint density at radius 3 is 2.90 bits per heavy atom. The summed E-state index contributed by atoms with van der Waals surface area (Å²) < 4.78 is 1.96. The molecular formula is C19H20N6O2S3. The number of primary amides is 1. The zero-order valence-electron chi connectivity index (χ0n) is 16.4. The monoisotopic (exact) mass is 460 g/mol. The molecule has 156 valence electrons. The van der Waals surface area contributed by atoms with Crippen LogP contribution in [0.3, 0.4) is 0 Å². The third-order valence-electron chi connectivity index (χ3n) is 4.62. The molecule has 4 aromatic heterocycles. The normalized spacial score (nSPS) is 12.5. The number of aromatic amines is 1. The zero-order valence-corrected chi connectivity index (χ0v) is 18.9. The van der Waals surface area contributed by atoms with Gasteiger partial charge in [0.1, 0.15) is 16.5 Å². The Hall–Kier alpha value is -2.50. The molecule has 0 radical (unpaired) electrons. The van der Waals surface area contributed by atoms with Gasteiger partial charge in [0.05, 0.1) is 10.6 Å². The van der Waals surface area contributed by atoms with Gasteiger partial charge in [-0.2, -0.15) is 0 Å². The van der Waals surface area contributed by atoms with Crippen molar-refractivity contribution in [3.63, 3.8) is 0 Å². The molecule has 1 amide bonds. The summed E-state index contributed by atoms with van der Waals surface area (Å²) in [5, 5.41) is 13.7. The number of nitrogens with zero attached hydrogens (tertiary/aromatic N) is 4. The Balaban J connectivity index is 1.61. The van der Waals surface area contributed by atoms with Crippen LogP contribution in [0.5, 0.6) is 0 Å². The summed E-state index contributed by atoms with van der Waals surface area (Å²) in [6.45, 7) is 4.64. The van der Waals surface area contributed by atoms with E-state index in [0.717, 1.165) is 26.3 Å². The molecule has 0 aliphatic carbocycles. The molecule has 0 aromatic carbocycles. The molecule has 0 unspecified atom stereocenters. The number of aromatic nitrogens is 5. The van der Waals surface area contributed by atoms with Crippen molar-refractivity contribution in [1.82, 2.24) is 24.7 Å². The van der Waals surface area contributed by atoms with Crippen LogP contribution in [-0.2, 0) is 17.8 Å². The first-order valence-corrected chi connectivity index (χ1v) is 12.0. The highest BCUT2D eigenvalue weighted by atomic mass is 32.2. The Morgan fingerprint density at radius 2 is 2.20 bits per heavy atom. The van der Waals surface area contributed by atoms with Crippen LogP contribution in [-0.4, -0.2) is 30.6 Å². The van der Waals surface area contributed by atoms with Crippen LogP contribution in [0.15, 0.2) is 32.8 Å². The number of H-pyrrole nitrogens is 1. The van der Waals surface area contributed by atoms with E-state index in [-0.39, 0.29) is 23.1 Å². The van der Waals surface area contributed by atoms with E-state index in [9.17, 15) is 9.59 Å². The van der Waals surface area contributed by atoms with Gasteiger partial charge in [0.15, 0.2) is 5.16 Å². The Labute approximate surface area is 184 Å². The fraction of sp³-hybridized carbons (Fsp3) is 0.316. The number of amides is 1. The zero-order chi connectivity index (χ0) is 21.3. The fourth-order valence-electron chi connectivity index (χ4n) is 3.13. The maximum atomic E-state index is 12.8. The van der Waals surface area contributed by atoms with Gasteiger partial charge in [-0.1, -0.05) is 17.8 Å². The van der Waals surface area contributed by atoms with Crippen LogP contribution in [0.2, 0.25) is 0 Å². The standard InChI is InChI=1S/C19H20N6O2S3/c1-3-25-14(7-6-13(20)26)23-24-19(25)30-10(2)16-21-17(27)15-11(9-29-18(15)22-16)12-5-4-8-28-12/h4-5,8-10H,3,6-7H2,1-2H3,(H2,20,26)(H,21,22,27)/t10-/m0/s1. The molecule has 0 spiro atoms. The lowest BCUT2D eigenvalue weighted by Crippen LogP contribution is -2.14. The van der Waals surface area contributed by atoms with Gasteiger partial charge < -0.3 is 15.3 Å². The maximum absolute atomic E-state index is 12.8. The van der Waals surface area contributed by atoms with Gasteiger partial charge in [-0.3, -0.25) is 9.59 Å². The summed E-state index contributed by atoms with van der Waals surface area (Å²) in [6.07, 6.45) is 0.682. The van der Waals surface area contributed by atoms with Crippen molar-refractivity contribution in [1.29, 1.82) is 0 Å². The first kappa shape index (κ1) is 20.8. The van der Waals surface area contributed by atoms with Crippen molar-refractivity contribution >= 4 is 50.6 Å². The number of nitrogens with two attached hydrogens (primary N) is 1. The number of carbonyl (C=O) groups excluding carboxylic acids is 1. The van der Waals surface area contributed by atoms with E-state index in [4.69, 9.17) is 10.7 Å². The van der Waals surface area contributed by atoms with Gasteiger partial charge in [0, 0.05) is 35.2 Å². The first-order valence-electron chi connectivity index (χ1n) is 9.40. The lowest BCUT2D eigenvalue weighted by atomic mass is 10.2. The largest absolute Gasteiger partial charge is 0.370 e. The molecular weight excluding hydrogens is 440 g/mol. The van der Waals surface area contributed by atoms with Crippen molar-refractivity contribution < 1.29 is 4.79 Å². The summed E-state index contributed by atoms with van der Waals surface area (Å²) >= 11 is 4.55. The van der Waals surface area contributed by atoms with Crippen molar-refractivity contribution in [3.8, 4) is 10.4 Å². The first-order chi connectivity index (χ1) is 14.5. The van der Waals surface area contributed by atoms with Gasteiger partial charge >= 0.3 is 0 Å². The van der Waals surface area contributed by atoms with Crippen LogP contribution in [0.1, 0.15) is 37.2 Å². The van der Waals surface area contributed by atoms with E-state index < -0.39 is 0 Å². The van der Waals surface area contributed by atoms with Crippen LogP contribution in [0.25, 0.3) is 20.7 Å². The summed E-state index contributed by atoms with van der Waals surface area (Å²) in [5.74, 6) is 0.958. The minimum Gasteiger partial charge on any atom is -0.370 e. The van der Waals surface area contributed by atoms with Crippen molar-refractivity contribution in [2.75, 3.05) is 0 Å². The highest BCUT2D eigenvalue weighted by Crippen LogP contribution is 2.36. The molecule has 30 heavy (non-hydrogen) atoms. The average Bonchev–Trinajstić information content (AvgIpc) is 3.45. The topological polar surface area (TPSA) is 120 Å². The summed E-state index contributed by atoms with van der Waals surface area (Å²) in [4.78, 5) is 33.4. The summed E-state index contributed by atoms with van der Waals surface area (Å²) in [5.41, 5.74) is 6.04. The van der Waals surface area contributed by atoms with Crippen LogP contribution in [0.4, 0.5) is 0 Å². The molecule has 1 atom stereocenters. The van der Waals surface area contributed by atoms with Crippen molar-refractivity contribution in [2.24, 2.45) is 5.73 Å². The van der Waals surface area contributed by atoms with E-state index in [1.54, 1.807) is 11.3 Å². The lowest BCUT2D eigenvalue weighted by molar-refractivity contribution is -0.118. The molecule has 0 bridgehead atoms.